The van der Waals surface area contributed by atoms with Crippen LogP contribution in [-0.2, 0) is 9.53 Å². The summed E-state index contributed by atoms with van der Waals surface area (Å²) in [5, 5.41) is 46.8. The Kier molecular flexibility index (Phi) is 6.25. The van der Waals surface area contributed by atoms with E-state index in [0.717, 1.165) is 18.2 Å². The number of rotatable bonds is 7. The molecule has 0 aliphatic carbocycles. The number of aromatic hydroxyl groups is 2. The van der Waals surface area contributed by atoms with E-state index in [4.69, 9.17) is 15.6 Å². The maximum absolute atomic E-state index is 11.9. The van der Waals surface area contributed by atoms with Crippen molar-refractivity contribution >= 4 is 12.3 Å². The highest BCUT2D eigenvalue weighted by atomic mass is 16.6. The molecule has 0 radical (unpaired) electrons. The molecule has 0 heterocycles. The minimum absolute atomic E-state index is 0.188. The lowest BCUT2D eigenvalue weighted by molar-refractivity contribution is -0.119. The number of aldehydes is 1. The van der Waals surface area contributed by atoms with Gasteiger partial charge in [0.15, 0.2) is 6.10 Å². The second-order valence-electron chi connectivity index (χ2n) is 4.53. The summed E-state index contributed by atoms with van der Waals surface area (Å²) in [4.78, 5) is 22.7. The van der Waals surface area contributed by atoms with Crippen LogP contribution in [0.2, 0.25) is 0 Å². The molecule has 0 spiro atoms. The van der Waals surface area contributed by atoms with E-state index in [1.54, 1.807) is 0 Å². The topological polar surface area (TPSA) is 171 Å². The number of phenols is 2. The molecule has 7 N–H and O–H groups in total. The molecule has 1 aromatic carbocycles. The normalized spacial score (nSPS) is 16.4. The third kappa shape index (κ3) is 4.15. The summed E-state index contributed by atoms with van der Waals surface area (Å²) in [7, 11) is 0. The molecule has 122 valence electrons. The van der Waals surface area contributed by atoms with Crippen LogP contribution in [0.5, 0.6) is 11.5 Å². The summed E-state index contributed by atoms with van der Waals surface area (Å²) in [5.41, 5.74) is 4.97. The number of ether oxygens (including phenoxy) is 1. The molecule has 4 atom stereocenters. The molecule has 1 rings (SSSR count). The van der Waals surface area contributed by atoms with Gasteiger partial charge in [-0.15, -0.1) is 0 Å². The van der Waals surface area contributed by atoms with Crippen molar-refractivity contribution in [2.75, 3.05) is 6.61 Å². The van der Waals surface area contributed by atoms with Crippen molar-refractivity contribution in [3.63, 3.8) is 0 Å². The van der Waals surface area contributed by atoms with Crippen LogP contribution in [0.4, 0.5) is 0 Å². The highest BCUT2D eigenvalue weighted by Crippen LogP contribution is 2.24. The SMILES string of the molecule is N[C@@H](C=O)[C@@H](OC(=O)c1cc(O)ccc1O)[C@H](O)[C@H](O)CO. The number of esters is 1. The van der Waals surface area contributed by atoms with Crippen molar-refractivity contribution in [3.05, 3.63) is 23.8 Å². The van der Waals surface area contributed by atoms with Crippen molar-refractivity contribution in [2.24, 2.45) is 5.73 Å². The predicted octanol–water partition coefficient (Wildman–Crippen LogP) is -2.14. The fourth-order valence-electron chi connectivity index (χ4n) is 1.65. The Morgan fingerprint density at radius 3 is 2.50 bits per heavy atom. The highest BCUT2D eigenvalue weighted by Gasteiger charge is 2.34. The first-order valence-electron chi connectivity index (χ1n) is 6.22. The molecule has 0 aliphatic heterocycles. The van der Waals surface area contributed by atoms with Gasteiger partial charge in [0.2, 0.25) is 0 Å². The van der Waals surface area contributed by atoms with Crippen LogP contribution in [0.3, 0.4) is 0 Å². The molecule has 0 saturated heterocycles. The lowest BCUT2D eigenvalue weighted by Crippen LogP contribution is -2.52. The summed E-state index contributed by atoms with van der Waals surface area (Å²) in [5.74, 6) is -2.00. The lowest BCUT2D eigenvalue weighted by atomic mass is 10.0. The van der Waals surface area contributed by atoms with E-state index in [2.05, 4.69) is 0 Å². The van der Waals surface area contributed by atoms with Gasteiger partial charge in [0, 0.05) is 0 Å². The molecule has 22 heavy (non-hydrogen) atoms. The first-order chi connectivity index (χ1) is 10.3. The number of carbonyl (C=O) groups excluding carboxylic acids is 2. The maximum atomic E-state index is 11.9. The Bertz CT molecular complexity index is 535. The number of phenolic OH excluding ortho intramolecular Hbond substituents is 2. The summed E-state index contributed by atoms with van der Waals surface area (Å²) in [6, 6.07) is 1.61. The quantitative estimate of drug-likeness (QED) is 0.187. The molecule has 9 nitrogen and oxygen atoms in total. The van der Waals surface area contributed by atoms with Gasteiger partial charge in [-0.05, 0) is 18.2 Å². The molecule has 0 unspecified atom stereocenters. The summed E-state index contributed by atoms with van der Waals surface area (Å²) in [6.45, 7) is -0.849. The number of benzene rings is 1. The number of nitrogens with two attached hydrogens (primary N) is 1. The third-order valence-corrected chi connectivity index (χ3v) is 2.90. The number of carbonyl (C=O) groups is 2. The highest BCUT2D eigenvalue weighted by molar-refractivity contribution is 5.93. The van der Waals surface area contributed by atoms with Gasteiger partial charge in [-0.25, -0.2) is 4.79 Å². The number of hydrogen-bond acceptors (Lipinski definition) is 9. The second kappa shape index (κ2) is 7.71. The average molecular weight is 315 g/mol. The molecule has 0 amide bonds. The largest absolute Gasteiger partial charge is 0.508 e. The summed E-state index contributed by atoms with van der Waals surface area (Å²) < 4.78 is 4.82. The Balaban J connectivity index is 3.00. The van der Waals surface area contributed by atoms with E-state index in [1.807, 2.05) is 0 Å². The van der Waals surface area contributed by atoms with Crippen LogP contribution in [0, 0.1) is 0 Å². The second-order valence-corrected chi connectivity index (χ2v) is 4.53. The lowest BCUT2D eigenvalue weighted by Gasteiger charge is -2.27. The predicted molar refractivity (Wildman–Crippen MR) is 72.1 cm³/mol. The van der Waals surface area contributed by atoms with Crippen LogP contribution >= 0.6 is 0 Å². The van der Waals surface area contributed by atoms with Gasteiger partial charge in [0.1, 0.15) is 41.6 Å². The summed E-state index contributed by atoms with van der Waals surface area (Å²) in [6.07, 6.45) is -4.99. The Hall–Kier alpha value is -2.20. The zero-order valence-corrected chi connectivity index (χ0v) is 11.4. The fraction of sp³-hybridized carbons (Fsp3) is 0.385. The van der Waals surface area contributed by atoms with Gasteiger partial charge in [-0.1, -0.05) is 0 Å². The van der Waals surface area contributed by atoms with E-state index in [9.17, 15) is 30.0 Å². The van der Waals surface area contributed by atoms with Gasteiger partial charge >= 0.3 is 5.97 Å². The van der Waals surface area contributed by atoms with Crippen molar-refractivity contribution in [1.82, 2.24) is 0 Å². The molecule has 0 saturated carbocycles. The molecule has 9 heteroatoms. The van der Waals surface area contributed by atoms with Gasteiger partial charge in [0.25, 0.3) is 0 Å². The van der Waals surface area contributed by atoms with Crippen LogP contribution in [-0.4, -0.2) is 68.7 Å². The van der Waals surface area contributed by atoms with Crippen molar-refractivity contribution in [2.45, 2.75) is 24.4 Å². The minimum atomic E-state index is -1.83. The number of aliphatic hydroxyl groups excluding tert-OH is 3. The van der Waals surface area contributed by atoms with Crippen LogP contribution in [0.1, 0.15) is 10.4 Å². The molecular formula is C13H17NO8. The molecule has 0 aromatic heterocycles. The van der Waals surface area contributed by atoms with Crippen molar-refractivity contribution < 1.29 is 39.9 Å². The molecule has 0 bridgehead atoms. The van der Waals surface area contributed by atoms with E-state index in [1.165, 1.54) is 0 Å². The van der Waals surface area contributed by atoms with Crippen LogP contribution in [0.25, 0.3) is 0 Å². The molecule has 0 aliphatic rings. The van der Waals surface area contributed by atoms with Gasteiger partial charge in [-0.2, -0.15) is 0 Å². The number of aliphatic hydroxyl groups is 3. The van der Waals surface area contributed by atoms with E-state index in [-0.39, 0.29) is 12.0 Å². The molecular weight excluding hydrogens is 298 g/mol. The van der Waals surface area contributed by atoms with Gasteiger partial charge < -0.3 is 40.8 Å². The van der Waals surface area contributed by atoms with Gasteiger partial charge in [-0.3, -0.25) is 0 Å². The third-order valence-electron chi connectivity index (χ3n) is 2.90. The Morgan fingerprint density at radius 1 is 1.32 bits per heavy atom. The van der Waals surface area contributed by atoms with Crippen LogP contribution < -0.4 is 5.73 Å². The van der Waals surface area contributed by atoms with E-state index >= 15 is 0 Å². The molecule has 0 fully saturated rings. The monoisotopic (exact) mass is 315 g/mol. The Labute approximate surface area is 125 Å². The van der Waals surface area contributed by atoms with Gasteiger partial charge in [0.05, 0.1) is 6.61 Å². The molecule has 1 aromatic rings. The van der Waals surface area contributed by atoms with Crippen LogP contribution in [0.15, 0.2) is 18.2 Å². The Morgan fingerprint density at radius 2 is 1.95 bits per heavy atom. The first kappa shape index (κ1) is 17.9. The number of hydrogen-bond donors (Lipinski definition) is 6. The standard InChI is InChI=1S/C13H17NO8/c14-8(4-15)12(11(20)10(19)5-16)22-13(21)7-3-6(17)1-2-9(7)18/h1-4,8,10-12,16-20H,5,14H2/t8-,10+,11+,12+/m0/s1. The summed E-state index contributed by atoms with van der Waals surface area (Å²) >= 11 is 0. The first-order valence-corrected chi connectivity index (χ1v) is 6.22. The van der Waals surface area contributed by atoms with Crippen molar-refractivity contribution in [3.8, 4) is 11.5 Å². The smallest absolute Gasteiger partial charge is 0.342 e. The zero-order chi connectivity index (χ0) is 16.9. The van der Waals surface area contributed by atoms with E-state index in [0.29, 0.717) is 0 Å². The van der Waals surface area contributed by atoms with Crippen molar-refractivity contribution in [1.29, 1.82) is 0 Å². The average Bonchev–Trinajstić information content (AvgIpc) is 2.52. The zero-order valence-electron chi connectivity index (χ0n) is 11.4. The minimum Gasteiger partial charge on any atom is -0.508 e. The maximum Gasteiger partial charge on any atom is 0.342 e. The fourth-order valence-corrected chi connectivity index (χ4v) is 1.65. The van der Waals surface area contributed by atoms with E-state index < -0.39 is 48.2 Å².